The molecule has 1 atom stereocenters. The molecule has 7 nitrogen and oxygen atoms in total. The number of aliphatic carboxylic acids is 1. The molecule has 0 fully saturated rings. The molecule has 0 aliphatic heterocycles. The molecule has 0 aliphatic carbocycles. The molecule has 27 heavy (non-hydrogen) atoms. The van der Waals surface area contributed by atoms with Gasteiger partial charge in [-0.05, 0) is 38.0 Å². The lowest BCUT2D eigenvalue weighted by atomic mass is 10.1. The average molecular weight is 372 g/mol. The Kier molecular flexibility index (Phi) is 6.76. The van der Waals surface area contributed by atoms with Gasteiger partial charge in [0.05, 0.1) is 11.8 Å². The van der Waals surface area contributed by atoms with Gasteiger partial charge in [-0.25, -0.2) is 0 Å². The predicted molar refractivity (Wildman–Crippen MR) is 99.6 cm³/mol. The van der Waals surface area contributed by atoms with Gasteiger partial charge >= 0.3 is 5.97 Å². The lowest BCUT2D eigenvalue weighted by Gasteiger charge is -2.12. The van der Waals surface area contributed by atoms with Crippen LogP contribution in [0.4, 0.5) is 0 Å². The zero-order chi connectivity index (χ0) is 20.0. The van der Waals surface area contributed by atoms with Crippen LogP contribution in [0.1, 0.15) is 57.9 Å². The van der Waals surface area contributed by atoms with Crippen molar-refractivity contribution in [2.75, 3.05) is 0 Å². The van der Waals surface area contributed by atoms with Gasteiger partial charge in [-0.15, -0.1) is 0 Å². The van der Waals surface area contributed by atoms with E-state index < -0.39 is 11.9 Å². The molecule has 0 saturated heterocycles. The summed E-state index contributed by atoms with van der Waals surface area (Å²) in [5, 5.41) is 14.6. The van der Waals surface area contributed by atoms with E-state index in [4.69, 9.17) is 9.52 Å². The van der Waals surface area contributed by atoms with Gasteiger partial charge in [0.2, 0.25) is 0 Å². The summed E-state index contributed by atoms with van der Waals surface area (Å²) in [4.78, 5) is 35.6. The third kappa shape index (κ3) is 5.44. The summed E-state index contributed by atoms with van der Waals surface area (Å²) in [6.45, 7) is 5.82. The zero-order valence-electron chi connectivity index (χ0n) is 15.7. The molecule has 1 aromatic carbocycles. The van der Waals surface area contributed by atoms with E-state index in [-0.39, 0.29) is 36.2 Å². The number of carboxylic acids is 1. The Morgan fingerprint density at radius 2 is 1.96 bits per heavy atom. The van der Waals surface area contributed by atoms with Crippen LogP contribution in [-0.2, 0) is 17.8 Å². The summed E-state index contributed by atoms with van der Waals surface area (Å²) in [6, 6.07) is 7.08. The van der Waals surface area contributed by atoms with Crippen LogP contribution < -0.4 is 10.6 Å². The summed E-state index contributed by atoms with van der Waals surface area (Å²) < 4.78 is 5.18. The molecular formula is C20H24N2O5. The summed E-state index contributed by atoms with van der Waals surface area (Å²) >= 11 is 0. The topological polar surface area (TPSA) is 109 Å². The van der Waals surface area contributed by atoms with Crippen molar-refractivity contribution in [1.29, 1.82) is 0 Å². The number of amides is 2. The van der Waals surface area contributed by atoms with E-state index in [0.717, 1.165) is 12.0 Å². The minimum absolute atomic E-state index is 0.0811. The van der Waals surface area contributed by atoms with Crippen LogP contribution in [0.5, 0.6) is 0 Å². The Hall–Kier alpha value is -3.09. The number of benzene rings is 1. The first kappa shape index (κ1) is 20.2. The highest BCUT2D eigenvalue weighted by molar-refractivity contribution is 5.97. The van der Waals surface area contributed by atoms with Crippen molar-refractivity contribution in [3.05, 3.63) is 58.5 Å². The van der Waals surface area contributed by atoms with Crippen LogP contribution in [0.3, 0.4) is 0 Å². The largest absolute Gasteiger partial charge is 0.481 e. The van der Waals surface area contributed by atoms with Gasteiger partial charge in [0.15, 0.2) is 0 Å². The van der Waals surface area contributed by atoms with Crippen LogP contribution in [0.2, 0.25) is 0 Å². The summed E-state index contributed by atoms with van der Waals surface area (Å²) in [6.07, 6.45) is 1.85. The summed E-state index contributed by atoms with van der Waals surface area (Å²) in [5.74, 6) is -1.52. The SMILES string of the molecule is CCC(C)NC(=O)c1cccc(CNC(=O)c2c(C)coc2CC(=O)O)c1. The van der Waals surface area contributed by atoms with Gasteiger partial charge in [0.1, 0.15) is 12.2 Å². The second-order valence-corrected chi connectivity index (χ2v) is 6.45. The van der Waals surface area contributed by atoms with E-state index in [1.54, 1.807) is 31.2 Å². The van der Waals surface area contributed by atoms with Crippen LogP contribution in [0.25, 0.3) is 0 Å². The van der Waals surface area contributed by atoms with Crippen molar-refractivity contribution in [2.24, 2.45) is 0 Å². The smallest absolute Gasteiger partial charge is 0.311 e. The van der Waals surface area contributed by atoms with Gasteiger partial charge in [-0.3, -0.25) is 14.4 Å². The molecule has 3 N–H and O–H groups in total. The van der Waals surface area contributed by atoms with Gasteiger partial charge in [-0.1, -0.05) is 19.1 Å². The van der Waals surface area contributed by atoms with E-state index in [2.05, 4.69) is 10.6 Å². The maximum Gasteiger partial charge on any atom is 0.311 e. The van der Waals surface area contributed by atoms with E-state index in [9.17, 15) is 14.4 Å². The highest BCUT2D eigenvalue weighted by Gasteiger charge is 2.20. The van der Waals surface area contributed by atoms with Crippen molar-refractivity contribution < 1.29 is 23.9 Å². The van der Waals surface area contributed by atoms with E-state index in [1.165, 1.54) is 6.26 Å². The fourth-order valence-corrected chi connectivity index (χ4v) is 2.57. The fraction of sp³-hybridized carbons (Fsp3) is 0.350. The molecule has 0 saturated carbocycles. The first-order valence-corrected chi connectivity index (χ1v) is 8.78. The molecule has 1 heterocycles. The third-order valence-corrected chi connectivity index (χ3v) is 4.22. The number of carbonyl (C=O) groups is 3. The molecule has 144 valence electrons. The quantitative estimate of drug-likeness (QED) is 0.660. The first-order valence-electron chi connectivity index (χ1n) is 8.78. The van der Waals surface area contributed by atoms with E-state index in [0.29, 0.717) is 11.1 Å². The number of carboxylic acid groups (broad SMARTS) is 1. The number of aryl methyl sites for hydroxylation is 1. The Balaban J connectivity index is 2.06. The molecule has 1 unspecified atom stereocenters. The number of rotatable bonds is 8. The van der Waals surface area contributed by atoms with Gasteiger partial charge < -0.3 is 20.2 Å². The van der Waals surface area contributed by atoms with Crippen molar-refractivity contribution in [3.63, 3.8) is 0 Å². The van der Waals surface area contributed by atoms with Crippen molar-refractivity contribution in [3.8, 4) is 0 Å². The molecular weight excluding hydrogens is 348 g/mol. The van der Waals surface area contributed by atoms with Crippen LogP contribution >= 0.6 is 0 Å². The standard InChI is InChI=1S/C20H24N2O5/c1-4-13(3)22-19(25)15-7-5-6-14(8-15)10-21-20(26)18-12(2)11-27-16(18)9-17(23)24/h5-8,11,13H,4,9-10H2,1-3H3,(H,21,26)(H,22,25)(H,23,24). The van der Waals surface area contributed by atoms with Gasteiger partial charge in [-0.2, -0.15) is 0 Å². The maximum absolute atomic E-state index is 12.5. The molecule has 2 aromatic rings. The average Bonchev–Trinajstić information content (AvgIpc) is 2.99. The zero-order valence-corrected chi connectivity index (χ0v) is 15.7. The molecule has 1 aromatic heterocycles. The molecule has 2 amide bonds. The third-order valence-electron chi connectivity index (χ3n) is 4.22. The second-order valence-electron chi connectivity index (χ2n) is 6.45. The van der Waals surface area contributed by atoms with Crippen LogP contribution in [0, 0.1) is 6.92 Å². The van der Waals surface area contributed by atoms with E-state index >= 15 is 0 Å². The Morgan fingerprint density at radius 1 is 1.22 bits per heavy atom. The number of hydrogen-bond donors (Lipinski definition) is 3. The summed E-state index contributed by atoms with van der Waals surface area (Å²) in [5.41, 5.74) is 2.10. The Bertz CT molecular complexity index is 841. The Labute approximate surface area is 157 Å². The Morgan fingerprint density at radius 3 is 2.63 bits per heavy atom. The highest BCUT2D eigenvalue weighted by atomic mass is 16.4. The van der Waals surface area contributed by atoms with Crippen molar-refractivity contribution >= 4 is 17.8 Å². The van der Waals surface area contributed by atoms with Crippen LogP contribution in [-0.4, -0.2) is 28.9 Å². The fourth-order valence-electron chi connectivity index (χ4n) is 2.57. The predicted octanol–water partition coefficient (Wildman–Crippen LogP) is 2.67. The molecule has 0 spiro atoms. The van der Waals surface area contributed by atoms with Crippen molar-refractivity contribution in [2.45, 2.75) is 46.2 Å². The normalized spacial score (nSPS) is 11.7. The second kappa shape index (κ2) is 9.02. The molecule has 2 rings (SSSR count). The monoisotopic (exact) mass is 372 g/mol. The van der Waals surface area contributed by atoms with Gasteiger partial charge in [0.25, 0.3) is 11.8 Å². The first-order chi connectivity index (χ1) is 12.8. The number of nitrogens with one attached hydrogen (secondary N) is 2. The maximum atomic E-state index is 12.5. The molecule has 0 bridgehead atoms. The summed E-state index contributed by atoms with van der Waals surface area (Å²) in [7, 11) is 0. The number of hydrogen-bond acceptors (Lipinski definition) is 4. The highest BCUT2D eigenvalue weighted by Crippen LogP contribution is 2.17. The lowest BCUT2D eigenvalue weighted by molar-refractivity contribution is -0.136. The molecule has 7 heteroatoms. The van der Waals surface area contributed by atoms with E-state index in [1.807, 2.05) is 13.8 Å². The lowest BCUT2D eigenvalue weighted by Crippen LogP contribution is -2.32. The van der Waals surface area contributed by atoms with Gasteiger partial charge in [0, 0.05) is 23.7 Å². The number of furan rings is 1. The van der Waals surface area contributed by atoms with Crippen LogP contribution in [0.15, 0.2) is 34.9 Å². The minimum Gasteiger partial charge on any atom is -0.481 e. The minimum atomic E-state index is -1.07. The number of carbonyl (C=O) groups excluding carboxylic acids is 2. The van der Waals surface area contributed by atoms with Crippen molar-refractivity contribution in [1.82, 2.24) is 10.6 Å². The molecule has 0 aliphatic rings. The molecule has 0 radical (unpaired) electrons.